The van der Waals surface area contributed by atoms with Gasteiger partial charge in [0, 0.05) is 5.69 Å². The summed E-state index contributed by atoms with van der Waals surface area (Å²) >= 11 is 0. The maximum atomic E-state index is 6.17. The van der Waals surface area contributed by atoms with E-state index >= 15 is 0 Å². The van der Waals surface area contributed by atoms with Gasteiger partial charge in [0.2, 0.25) is 0 Å². The van der Waals surface area contributed by atoms with Crippen molar-refractivity contribution in [3.05, 3.63) is 29.8 Å². The van der Waals surface area contributed by atoms with E-state index in [1.165, 1.54) is 12.8 Å². The van der Waals surface area contributed by atoms with Crippen LogP contribution in [0, 0.1) is 30.1 Å². The van der Waals surface area contributed by atoms with Gasteiger partial charge in [-0.1, -0.05) is 51.2 Å². The van der Waals surface area contributed by atoms with Crippen LogP contribution in [-0.2, 0) is 11.3 Å². The van der Waals surface area contributed by atoms with E-state index in [0.29, 0.717) is 25.1 Å². The highest BCUT2D eigenvalue weighted by atomic mass is 16.5. The first-order valence-electron chi connectivity index (χ1n) is 9.08. The van der Waals surface area contributed by atoms with Crippen molar-refractivity contribution < 1.29 is 4.74 Å². The fourth-order valence-electron chi connectivity index (χ4n) is 2.43. The Bertz CT molecular complexity index is 582. The van der Waals surface area contributed by atoms with Gasteiger partial charge in [0.25, 0.3) is 0 Å². The molecule has 0 aliphatic carbocycles. The highest BCUT2D eigenvalue weighted by Gasteiger charge is 2.23. The van der Waals surface area contributed by atoms with Crippen LogP contribution in [0.4, 0.5) is 5.69 Å². The molecule has 0 saturated heterocycles. The Morgan fingerprint density at radius 1 is 0.960 bits per heavy atom. The number of terminal acetylenes is 2. The summed E-state index contributed by atoms with van der Waals surface area (Å²) in [6.07, 6.45) is 14.2. The molecule has 1 rings (SSSR count). The zero-order valence-corrected chi connectivity index (χ0v) is 16.6. The van der Waals surface area contributed by atoms with Crippen LogP contribution in [0.2, 0.25) is 0 Å². The van der Waals surface area contributed by atoms with E-state index in [1.54, 1.807) is 0 Å². The average Bonchev–Trinajstić information content (AvgIpc) is 2.59. The van der Waals surface area contributed by atoms with Crippen molar-refractivity contribution in [2.24, 2.45) is 5.41 Å². The summed E-state index contributed by atoms with van der Waals surface area (Å²) < 4.78 is 6.17. The summed E-state index contributed by atoms with van der Waals surface area (Å²) in [5.74, 6) is 5.29. The monoisotopic (exact) mass is 339 g/mol. The van der Waals surface area contributed by atoms with Crippen molar-refractivity contribution in [1.29, 1.82) is 0 Å². The Balaban J connectivity index is 2.60. The van der Waals surface area contributed by atoms with Gasteiger partial charge >= 0.3 is 0 Å². The zero-order valence-electron chi connectivity index (χ0n) is 16.6. The third-order valence-electron chi connectivity index (χ3n) is 4.86. The smallest absolute Gasteiger partial charge is 0.0801 e. The molecule has 0 fully saturated rings. The van der Waals surface area contributed by atoms with Crippen LogP contribution in [0.5, 0.6) is 0 Å². The molecule has 0 atom stereocenters. The summed E-state index contributed by atoms with van der Waals surface area (Å²) in [7, 11) is 0. The fourth-order valence-corrected chi connectivity index (χ4v) is 2.43. The third-order valence-corrected chi connectivity index (χ3v) is 4.86. The van der Waals surface area contributed by atoms with Gasteiger partial charge in [-0.05, 0) is 49.8 Å². The molecule has 1 aromatic carbocycles. The Labute approximate surface area is 155 Å². The summed E-state index contributed by atoms with van der Waals surface area (Å²) in [6, 6.07) is 8.28. The van der Waals surface area contributed by atoms with Crippen LogP contribution in [-0.4, -0.2) is 18.7 Å². The molecule has 0 amide bonds. The Morgan fingerprint density at radius 2 is 1.52 bits per heavy atom. The highest BCUT2D eigenvalue weighted by molar-refractivity contribution is 5.49. The maximum absolute atomic E-state index is 6.17. The predicted molar refractivity (Wildman–Crippen MR) is 108 cm³/mol. The number of rotatable bonds is 10. The van der Waals surface area contributed by atoms with Gasteiger partial charge in [-0.25, -0.2) is 0 Å². The molecule has 0 aliphatic rings. The van der Waals surface area contributed by atoms with Crippen LogP contribution < -0.4 is 4.90 Å². The first-order valence-corrected chi connectivity index (χ1v) is 9.08. The van der Waals surface area contributed by atoms with Crippen molar-refractivity contribution in [2.75, 3.05) is 18.0 Å². The predicted octanol–water partition coefficient (Wildman–Crippen LogP) is 5.27. The van der Waals surface area contributed by atoms with Crippen molar-refractivity contribution in [1.82, 2.24) is 0 Å². The molecule has 1 aromatic rings. The van der Waals surface area contributed by atoms with Crippen molar-refractivity contribution in [3.8, 4) is 24.7 Å². The third kappa shape index (κ3) is 7.68. The van der Waals surface area contributed by atoms with Crippen molar-refractivity contribution in [3.63, 3.8) is 0 Å². The lowest BCUT2D eigenvalue weighted by molar-refractivity contribution is -0.0417. The van der Waals surface area contributed by atoms with Gasteiger partial charge in [-0.15, -0.1) is 12.8 Å². The Morgan fingerprint density at radius 3 is 2.00 bits per heavy atom. The molecule has 0 spiro atoms. The van der Waals surface area contributed by atoms with Gasteiger partial charge in [0.1, 0.15) is 0 Å². The van der Waals surface area contributed by atoms with Crippen LogP contribution >= 0.6 is 0 Å². The molecule has 0 bridgehead atoms. The molecule has 0 aromatic heterocycles. The van der Waals surface area contributed by atoms with Gasteiger partial charge in [-0.2, -0.15) is 0 Å². The number of hydrogen-bond acceptors (Lipinski definition) is 2. The summed E-state index contributed by atoms with van der Waals surface area (Å²) in [5, 5.41) is 0. The van der Waals surface area contributed by atoms with Gasteiger partial charge in [-0.3, -0.25) is 0 Å². The topological polar surface area (TPSA) is 12.5 Å². The van der Waals surface area contributed by atoms with Gasteiger partial charge in [0.15, 0.2) is 0 Å². The first-order chi connectivity index (χ1) is 11.7. The SMILES string of the molecule is C#CCN(CC#C)c1ccc(COC(C)(C)CCC(C)(C)CC)cc1. The molecule has 0 unspecified atom stereocenters. The van der Waals surface area contributed by atoms with Crippen molar-refractivity contribution >= 4 is 5.69 Å². The average molecular weight is 340 g/mol. The van der Waals surface area contributed by atoms with E-state index < -0.39 is 0 Å². The maximum Gasteiger partial charge on any atom is 0.0801 e. The van der Waals surface area contributed by atoms with Crippen molar-refractivity contribution in [2.45, 2.75) is 66.1 Å². The van der Waals surface area contributed by atoms with Crippen LogP contribution in [0.15, 0.2) is 24.3 Å². The molecule has 2 heteroatoms. The quantitative estimate of drug-likeness (QED) is 0.538. The number of ether oxygens (including phenoxy) is 1. The van der Waals surface area contributed by atoms with Gasteiger partial charge in [0.05, 0.1) is 25.3 Å². The van der Waals surface area contributed by atoms with Gasteiger partial charge < -0.3 is 9.64 Å². The van der Waals surface area contributed by atoms with E-state index in [4.69, 9.17) is 17.6 Å². The molecule has 2 nitrogen and oxygen atoms in total. The largest absolute Gasteiger partial charge is 0.371 e. The zero-order chi connectivity index (χ0) is 18.9. The van der Waals surface area contributed by atoms with E-state index in [2.05, 4.69) is 70.7 Å². The van der Waals surface area contributed by atoms with Crippen LogP contribution in [0.25, 0.3) is 0 Å². The second kappa shape index (κ2) is 9.55. The molecular weight excluding hydrogens is 306 g/mol. The van der Waals surface area contributed by atoms with E-state index in [9.17, 15) is 0 Å². The molecular formula is C23H33NO. The number of hydrogen-bond donors (Lipinski definition) is 0. The molecule has 0 radical (unpaired) electrons. The molecule has 0 N–H and O–H groups in total. The minimum Gasteiger partial charge on any atom is -0.371 e. The highest BCUT2D eigenvalue weighted by Crippen LogP contribution is 2.31. The summed E-state index contributed by atoms with van der Waals surface area (Å²) in [6.45, 7) is 12.9. The molecule has 136 valence electrons. The molecule has 0 aliphatic heterocycles. The minimum atomic E-state index is -0.121. The lowest BCUT2D eigenvalue weighted by Crippen LogP contribution is -2.27. The lowest BCUT2D eigenvalue weighted by Gasteiger charge is -2.31. The summed E-state index contributed by atoms with van der Waals surface area (Å²) in [5.41, 5.74) is 2.46. The standard InChI is InChI=1S/C23H33NO/c1-8-17-24(18-9-2)21-13-11-20(12-14-21)19-25-23(6,7)16-15-22(4,5)10-3/h1-2,11-14H,10,15-19H2,3-7H3. The van der Waals surface area contributed by atoms with Crippen LogP contribution in [0.1, 0.15) is 59.4 Å². The minimum absolute atomic E-state index is 0.121. The Kier molecular flexibility index (Phi) is 8.08. The van der Waals surface area contributed by atoms with E-state index in [1.807, 2.05) is 4.90 Å². The van der Waals surface area contributed by atoms with E-state index in [0.717, 1.165) is 17.7 Å². The second-order valence-corrected chi connectivity index (χ2v) is 8.00. The fraction of sp³-hybridized carbons (Fsp3) is 0.565. The summed E-state index contributed by atoms with van der Waals surface area (Å²) in [4.78, 5) is 2.00. The number of benzene rings is 1. The molecule has 25 heavy (non-hydrogen) atoms. The first kappa shape index (κ1) is 21.1. The second-order valence-electron chi connectivity index (χ2n) is 8.00. The number of nitrogens with zero attached hydrogens (tertiary/aromatic N) is 1. The van der Waals surface area contributed by atoms with Crippen LogP contribution in [0.3, 0.4) is 0 Å². The normalized spacial score (nSPS) is 11.6. The number of anilines is 1. The molecule has 0 heterocycles. The lowest BCUT2D eigenvalue weighted by atomic mass is 9.82. The Hall–Kier alpha value is -1.90. The van der Waals surface area contributed by atoms with E-state index in [-0.39, 0.29) is 5.60 Å². The molecule has 0 saturated carbocycles.